The van der Waals surface area contributed by atoms with Crippen LogP contribution in [0.1, 0.15) is 13.3 Å². The predicted molar refractivity (Wildman–Crippen MR) is 121 cm³/mol. The van der Waals surface area contributed by atoms with Crippen LogP contribution in [-0.4, -0.2) is 71.1 Å². The van der Waals surface area contributed by atoms with Crippen LogP contribution in [0.15, 0.2) is 36.0 Å². The second-order valence-corrected chi connectivity index (χ2v) is 8.16. The molecule has 1 saturated heterocycles. The molecule has 1 aliphatic heterocycles. The number of amides is 2. The van der Waals surface area contributed by atoms with E-state index in [1.807, 2.05) is 5.38 Å². The van der Waals surface area contributed by atoms with E-state index in [0.29, 0.717) is 51.6 Å². The lowest BCUT2D eigenvalue weighted by Crippen LogP contribution is -2.50. The molecule has 3 aromatic rings. The van der Waals surface area contributed by atoms with Crippen LogP contribution in [-0.2, 0) is 9.53 Å². The molecule has 1 aromatic carbocycles. The minimum Gasteiger partial charge on any atom is -0.450 e. The highest BCUT2D eigenvalue weighted by atomic mass is 32.1. The predicted octanol–water partition coefficient (Wildman–Crippen LogP) is 3.60. The number of carbonyl (C=O) groups excluding carboxylic acids is 2. The van der Waals surface area contributed by atoms with Gasteiger partial charge in [-0.25, -0.2) is 19.2 Å². The third-order valence-corrected chi connectivity index (χ3v) is 6.20. The van der Waals surface area contributed by atoms with Crippen LogP contribution in [0.5, 0.6) is 0 Å². The zero-order valence-electron chi connectivity index (χ0n) is 17.7. The highest BCUT2D eigenvalue weighted by Gasteiger charge is 2.24. The maximum absolute atomic E-state index is 13.3. The summed E-state index contributed by atoms with van der Waals surface area (Å²) in [6.45, 7) is 4.47. The van der Waals surface area contributed by atoms with Gasteiger partial charge in [-0.3, -0.25) is 4.79 Å². The molecule has 3 heterocycles. The Bertz CT molecular complexity index is 1100. The number of thiophene rings is 1. The third kappa shape index (κ3) is 4.80. The number of piperazine rings is 1. The lowest BCUT2D eigenvalue weighted by atomic mass is 10.1. The molecule has 2 aromatic heterocycles. The van der Waals surface area contributed by atoms with E-state index in [-0.39, 0.29) is 17.8 Å². The zero-order chi connectivity index (χ0) is 22.5. The summed E-state index contributed by atoms with van der Waals surface area (Å²) in [6.07, 6.45) is 1.47. The van der Waals surface area contributed by atoms with Crippen molar-refractivity contribution in [1.82, 2.24) is 19.8 Å². The Hall–Kier alpha value is -3.27. The van der Waals surface area contributed by atoms with E-state index in [1.165, 1.54) is 29.8 Å². The minimum atomic E-state index is -0.332. The van der Waals surface area contributed by atoms with Crippen molar-refractivity contribution in [3.63, 3.8) is 0 Å². The van der Waals surface area contributed by atoms with Gasteiger partial charge in [0.15, 0.2) is 0 Å². The maximum atomic E-state index is 13.3. The largest absolute Gasteiger partial charge is 0.450 e. The molecule has 32 heavy (non-hydrogen) atoms. The normalized spacial score (nSPS) is 13.9. The minimum absolute atomic E-state index is 0.0235. The lowest BCUT2D eigenvalue weighted by molar-refractivity contribution is -0.132. The van der Waals surface area contributed by atoms with Gasteiger partial charge in [-0.1, -0.05) is 12.1 Å². The summed E-state index contributed by atoms with van der Waals surface area (Å²) in [6, 6.07) is 6.31. The first-order valence-corrected chi connectivity index (χ1v) is 11.4. The molecule has 0 atom stereocenters. The molecule has 0 saturated carbocycles. The van der Waals surface area contributed by atoms with Crippen LogP contribution in [0.2, 0.25) is 0 Å². The van der Waals surface area contributed by atoms with Crippen molar-refractivity contribution in [3.8, 4) is 11.1 Å². The summed E-state index contributed by atoms with van der Waals surface area (Å²) in [7, 11) is 0. The molecule has 0 radical (unpaired) electrons. The molecule has 0 spiro atoms. The molecule has 0 bridgehead atoms. The van der Waals surface area contributed by atoms with Gasteiger partial charge >= 0.3 is 6.09 Å². The number of anilines is 1. The summed E-state index contributed by atoms with van der Waals surface area (Å²) in [4.78, 5) is 37.3. The van der Waals surface area contributed by atoms with Crippen molar-refractivity contribution >= 4 is 39.4 Å². The molecule has 168 valence electrons. The molecule has 1 aliphatic rings. The van der Waals surface area contributed by atoms with Crippen molar-refractivity contribution in [2.45, 2.75) is 13.3 Å². The Morgan fingerprint density at radius 3 is 2.56 bits per heavy atom. The van der Waals surface area contributed by atoms with Gasteiger partial charge < -0.3 is 19.9 Å². The smallest absolute Gasteiger partial charge is 0.409 e. The van der Waals surface area contributed by atoms with E-state index in [2.05, 4.69) is 15.3 Å². The van der Waals surface area contributed by atoms with E-state index >= 15 is 0 Å². The van der Waals surface area contributed by atoms with Gasteiger partial charge in [-0.05, 0) is 24.6 Å². The lowest BCUT2D eigenvalue weighted by Gasteiger charge is -2.34. The summed E-state index contributed by atoms with van der Waals surface area (Å²) in [5, 5.41) is 6.10. The summed E-state index contributed by atoms with van der Waals surface area (Å²) in [5.74, 6) is 0.385. The quantitative estimate of drug-likeness (QED) is 0.609. The Morgan fingerprint density at radius 2 is 1.84 bits per heavy atom. The van der Waals surface area contributed by atoms with Gasteiger partial charge in [0.1, 0.15) is 22.8 Å². The van der Waals surface area contributed by atoms with Gasteiger partial charge in [0.05, 0.1) is 12.0 Å². The van der Waals surface area contributed by atoms with Crippen molar-refractivity contribution < 1.29 is 18.7 Å². The van der Waals surface area contributed by atoms with Gasteiger partial charge in [-0.15, -0.1) is 11.3 Å². The number of aromatic nitrogens is 2. The van der Waals surface area contributed by atoms with Crippen molar-refractivity contribution in [2.75, 3.05) is 44.6 Å². The highest BCUT2D eigenvalue weighted by molar-refractivity contribution is 7.17. The number of nitrogens with zero attached hydrogens (tertiary/aromatic N) is 4. The first-order valence-electron chi connectivity index (χ1n) is 10.5. The Balaban J connectivity index is 1.37. The highest BCUT2D eigenvalue weighted by Crippen LogP contribution is 2.36. The number of halogens is 1. The maximum Gasteiger partial charge on any atom is 0.409 e. The summed E-state index contributed by atoms with van der Waals surface area (Å²) in [5.41, 5.74) is 1.81. The summed E-state index contributed by atoms with van der Waals surface area (Å²) < 4.78 is 18.3. The van der Waals surface area contributed by atoms with Crippen LogP contribution in [0.4, 0.5) is 15.0 Å². The van der Waals surface area contributed by atoms with Crippen LogP contribution < -0.4 is 5.32 Å². The van der Waals surface area contributed by atoms with E-state index in [4.69, 9.17) is 4.74 Å². The van der Waals surface area contributed by atoms with Crippen LogP contribution in [0.3, 0.4) is 0 Å². The Kier molecular flexibility index (Phi) is 6.79. The molecule has 10 heteroatoms. The molecule has 4 rings (SSSR count). The molecular formula is C22H24FN5O3S. The van der Waals surface area contributed by atoms with E-state index in [9.17, 15) is 14.0 Å². The van der Waals surface area contributed by atoms with Crippen LogP contribution in [0, 0.1) is 5.82 Å². The number of ether oxygens (including phenoxy) is 1. The van der Waals surface area contributed by atoms with Crippen molar-refractivity contribution in [3.05, 3.63) is 41.8 Å². The molecule has 1 N–H and O–H groups in total. The second kappa shape index (κ2) is 9.90. The number of nitrogens with one attached hydrogen (secondary N) is 1. The standard InChI is InChI=1S/C22H24FN5O3S/c1-2-31-22(30)28-11-9-27(10-12-28)18(29)7-8-24-20-19-17(13-32-21(19)26-14-25-20)15-3-5-16(23)6-4-15/h3-6,13-14H,2,7-12H2,1H3,(H,24,25,26). The second-order valence-electron chi connectivity index (χ2n) is 7.30. The first-order chi connectivity index (χ1) is 15.6. The topological polar surface area (TPSA) is 87.7 Å². The van der Waals surface area contributed by atoms with Crippen LogP contribution >= 0.6 is 11.3 Å². The number of carbonyl (C=O) groups is 2. The average Bonchev–Trinajstić information content (AvgIpc) is 3.25. The molecular weight excluding hydrogens is 433 g/mol. The molecule has 0 unspecified atom stereocenters. The fourth-order valence-electron chi connectivity index (χ4n) is 3.65. The Morgan fingerprint density at radius 1 is 1.12 bits per heavy atom. The molecule has 1 fully saturated rings. The van der Waals surface area contributed by atoms with E-state index < -0.39 is 0 Å². The number of benzene rings is 1. The third-order valence-electron chi connectivity index (χ3n) is 5.32. The number of hydrogen-bond donors (Lipinski definition) is 1. The fourth-order valence-corrected chi connectivity index (χ4v) is 4.57. The molecule has 2 amide bonds. The average molecular weight is 458 g/mol. The van der Waals surface area contributed by atoms with Gasteiger partial charge in [0.2, 0.25) is 5.91 Å². The first kappa shape index (κ1) is 21.9. The zero-order valence-corrected chi connectivity index (χ0v) is 18.5. The fraction of sp³-hybridized carbons (Fsp3) is 0.364. The van der Waals surface area contributed by atoms with E-state index in [0.717, 1.165) is 21.3 Å². The SMILES string of the molecule is CCOC(=O)N1CCN(C(=O)CCNc2ncnc3scc(-c4ccc(F)cc4)c23)CC1. The van der Waals surface area contributed by atoms with Gasteiger partial charge in [0.25, 0.3) is 0 Å². The van der Waals surface area contributed by atoms with Crippen LogP contribution in [0.25, 0.3) is 21.3 Å². The number of hydrogen-bond acceptors (Lipinski definition) is 7. The van der Waals surface area contributed by atoms with E-state index in [1.54, 1.807) is 28.9 Å². The number of rotatable bonds is 6. The monoisotopic (exact) mass is 457 g/mol. The Labute approximate surface area is 189 Å². The van der Waals surface area contributed by atoms with Crippen molar-refractivity contribution in [1.29, 1.82) is 0 Å². The number of fused-ring (bicyclic) bond motifs is 1. The van der Waals surface area contributed by atoms with Crippen molar-refractivity contribution in [2.24, 2.45) is 0 Å². The molecule has 0 aliphatic carbocycles. The molecule has 8 nitrogen and oxygen atoms in total. The van der Waals surface area contributed by atoms with Gasteiger partial charge in [0, 0.05) is 50.1 Å². The van der Waals surface area contributed by atoms with Gasteiger partial charge in [-0.2, -0.15) is 0 Å². The summed E-state index contributed by atoms with van der Waals surface area (Å²) >= 11 is 1.49.